The zero-order valence-electron chi connectivity index (χ0n) is 8.37. The van der Waals surface area contributed by atoms with E-state index in [0.29, 0.717) is 0 Å². The lowest BCUT2D eigenvalue weighted by atomic mass is 9.97. The monoisotopic (exact) mass is 217 g/mol. The van der Waals surface area contributed by atoms with Gasteiger partial charge in [0.25, 0.3) is 10.2 Å². The molecule has 80 valence electrons. The van der Waals surface area contributed by atoms with Crippen LogP contribution in [-0.2, 0) is 10.2 Å². The normalized spacial score (nSPS) is 17.8. The number of hydrogen-bond acceptors (Lipinski definition) is 3. The maximum atomic E-state index is 11.3. The Hall–Kier alpha value is -0.640. The quantitative estimate of drug-likeness (QED) is 0.686. The van der Waals surface area contributed by atoms with Gasteiger partial charge in [0, 0.05) is 12.6 Å². The Kier molecular flexibility index (Phi) is 3.14. The molecule has 0 aromatic rings. The Balaban J connectivity index is 2.40. The van der Waals surface area contributed by atoms with Crippen LogP contribution in [-0.4, -0.2) is 21.0 Å². The standard InChI is InChI=1S/C8H15N3O2S/c1-8(2,5-9)6-10-14(12,13)11-7-3-4-7/h7,10-11H,3-4,6H2,1-2H3. The van der Waals surface area contributed by atoms with Crippen LogP contribution in [0, 0.1) is 16.7 Å². The van der Waals surface area contributed by atoms with Crippen LogP contribution in [0.2, 0.25) is 0 Å². The number of hydrogen-bond donors (Lipinski definition) is 2. The summed E-state index contributed by atoms with van der Waals surface area (Å²) in [5.41, 5.74) is -0.668. The van der Waals surface area contributed by atoms with E-state index >= 15 is 0 Å². The number of rotatable bonds is 5. The van der Waals surface area contributed by atoms with Crippen molar-refractivity contribution in [2.75, 3.05) is 6.54 Å². The SMILES string of the molecule is CC(C)(C#N)CNS(=O)(=O)NC1CC1. The van der Waals surface area contributed by atoms with E-state index in [2.05, 4.69) is 9.44 Å². The molecule has 0 unspecified atom stereocenters. The number of nitrogens with one attached hydrogen (secondary N) is 2. The second kappa shape index (κ2) is 3.85. The van der Waals surface area contributed by atoms with Crippen molar-refractivity contribution in [3.8, 4) is 6.07 Å². The summed E-state index contributed by atoms with van der Waals surface area (Å²) in [6, 6.07) is 2.12. The Bertz CT molecular complexity index is 338. The highest BCUT2D eigenvalue weighted by atomic mass is 32.2. The van der Waals surface area contributed by atoms with Crippen LogP contribution >= 0.6 is 0 Å². The summed E-state index contributed by atoms with van der Waals surface area (Å²) < 4.78 is 27.5. The number of nitrogens with zero attached hydrogens (tertiary/aromatic N) is 1. The summed E-state index contributed by atoms with van der Waals surface area (Å²) >= 11 is 0. The molecule has 1 fully saturated rings. The van der Waals surface area contributed by atoms with Crippen LogP contribution in [0.5, 0.6) is 0 Å². The third kappa shape index (κ3) is 4.05. The van der Waals surface area contributed by atoms with Gasteiger partial charge < -0.3 is 0 Å². The molecule has 0 heterocycles. The summed E-state index contributed by atoms with van der Waals surface area (Å²) in [4.78, 5) is 0. The molecular formula is C8H15N3O2S. The minimum atomic E-state index is -3.41. The molecule has 1 aliphatic carbocycles. The van der Waals surface area contributed by atoms with Crippen LogP contribution in [0.1, 0.15) is 26.7 Å². The van der Waals surface area contributed by atoms with Crippen molar-refractivity contribution in [1.82, 2.24) is 9.44 Å². The van der Waals surface area contributed by atoms with Gasteiger partial charge in [0.05, 0.1) is 11.5 Å². The number of nitriles is 1. The largest absolute Gasteiger partial charge is 0.277 e. The Morgan fingerprint density at radius 2 is 2.07 bits per heavy atom. The first-order chi connectivity index (χ1) is 6.35. The van der Waals surface area contributed by atoms with E-state index in [0.717, 1.165) is 12.8 Å². The zero-order valence-corrected chi connectivity index (χ0v) is 9.19. The molecular weight excluding hydrogens is 202 g/mol. The van der Waals surface area contributed by atoms with Gasteiger partial charge in [-0.05, 0) is 26.7 Å². The van der Waals surface area contributed by atoms with Crippen molar-refractivity contribution >= 4 is 10.2 Å². The van der Waals surface area contributed by atoms with E-state index in [1.165, 1.54) is 0 Å². The average Bonchev–Trinajstić information content (AvgIpc) is 2.85. The molecule has 0 aromatic carbocycles. The molecule has 1 rings (SSSR count). The molecule has 0 aromatic heterocycles. The van der Waals surface area contributed by atoms with Gasteiger partial charge >= 0.3 is 0 Å². The summed E-state index contributed by atoms with van der Waals surface area (Å²) in [5, 5.41) is 8.68. The predicted molar refractivity (Wildman–Crippen MR) is 52.5 cm³/mol. The van der Waals surface area contributed by atoms with Gasteiger partial charge in [0.15, 0.2) is 0 Å². The minimum absolute atomic E-state index is 0.0951. The molecule has 0 radical (unpaired) electrons. The van der Waals surface area contributed by atoms with Gasteiger partial charge in [0.2, 0.25) is 0 Å². The molecule has 0 aliphatic heterocycles. The van der Waals surface area contributed by atoms with Gasteiger partial charge in [-0.1, -0.05) is 0 Å². The third-order valence-corrected chi connectivity index (χ3v) is 3.07. The van der Waals surface area contributed by atoms with E-state index in [4.69, 9.17) is 5.26 Å². The van der Waals surface area contributed by atoms with Crippen LogP contribution in [0.4, 0.5) is 0 Å². The summed E-state index contributed by atoms with van der Waals surface area (Å²) in [6.45, 7) is 3.50. The Morgan fingerprint density at radius 1 is 1.50 bits per heavy atom. The smallest absolute Gasteiger partial charge is 0.201 e. The fourth-order valence-electron chi connectivity index (χ4n) is 0.777. The molecule has 0 amide bonds. The van der Waals surface area contributed by atoms with Crippen molar-refractivity contribution in [1.29, 1.82) is 5.26 Å². The summed E-state index contributed by atoms with van der Waals surface area (Å²) in [5.74, 6) is 0. The molecule has 0 spiro atoms. The second-order valence-corrected chi connectivity index (χ2v) is 5.74. The van der Waals surface area contributed by atoms with Crippen LogP contribution in [0.15, 0.2) is 0 Å². The molecule has 0 atom stereocenters. The van der Waals surface area contributed by atoms with Crippen LogP contribution in [0.3, 0.4) is 0 Å². The van der Waals surface area contributed by atoms with Gasteiger partial charge in [-0.2, -0.15) is 18.4 Å². The highest BCUT2D eigenvalue weighted by Crippen LogP contribution is 2.19. The van der Waals surface area contributed by atoms with E-state index in [9.17, 15) is 8.42 Å². The zero-order chi connectivity index (χ0) is 10.8. The average molecular weight is 217 g/mol. The fraction of sp³-hybridized carbons (Fsp3) is 0.875. The second-order valence-electron chi connectivity index (χ2n) is 4.21. The molecule has 14 heavy (non-hydrogen) atoms. The highest BCUT2D eigenvalue weighted by Gasteiger charge is 2.28. The summed E-state index contributed by atoms with van der Waals surface area (Å²) in [6.07, 6.45) is 1.81. The van der Waals surface area contributed by atoms with Gasteiger partial charge in [0.1, 0.15) is 0 Å². The van der Waals surface area contributed by atoms with Crippen molar-refractivity contribution in [3.05, 3.63) is 0 Å². The van der Waals surface area contributed by atoms with E-state index in [1.54, 1.807) is 13.8 Å². The molecule has 0 bridgehead atoms. The Labute approximate surface area is 84.7 Å². The molecule has 5 nitrogen and oxygen atoms in total. The first kappa shape index (κ1) is 11.4. The lowest BCUT2D eigenvalue weighted by molar-refractivity contribution is 0.475. The lowest BCUT2D eigenvalue weighted by Gasteiger charge is -2.15. The van der Waals surface area contributed by atoms with Crippen molar-refractivity contribution in [2.24, 2.45) is 5.41 Å². The Morgan fingerprint density at radius 3 is 2.50 bits per heavy atom. The van der Waals surface area contributed by atoms with Gasteiger partial charge in [-0.15, -0.1) is 0 Å². The van der Waals surface area contributed by atoms with E-state index < -0.39 is 15.6 Å². The maximum Gasteiger partial charge on any atom is 0.277 e. The lowest BCUT2D eigenvalue weighted by Crippen LogP contribution is -2.41. The van der Waals surface area contributed by atoms with Crippen molar-refractivity contribution in [2.45, 2.75) is 32.7 Å². The highest BCUT2D eigenvalue weighted by molar-refractivity contribution is 7.87. The maximum absolute atomic E-state index is 11.3. The van der Waals surface area contributed by atoms with Gasteiger partial charge in [-0.25, -0.2) is 4.72 Å². The first-order valence-corrected chi connectivity index (χ1v) is 6.01. The van der Waals surface area contributed by atoms with E-state index in [-0.39, 0.29) is 12.6 Å². The molecule has 6 heteroatoms. The molecule has 1 saturated carbocycles. The van der Waals surface area contributed by atoms with Gasteiger partial charge in [-0.3, -0.25) is 0 Å². The topological polar surface area (TPSA) is 82.0 Å². The predicted octanol–water partition coefficient (Wildman–Crippen LogP) is 0.123. The minimum Gasteiger partial charge on any atom is -0.201 e. The molecule has 1 aliphatic rings. The molecule has 2 N–H and O–H groups in total. The van der Waals surface area contributed by atoms with Crippen LogP contribution in [0.25, 0.3) is 0 Å². The van der Waals surface area contributed by atoms with Crippen LogP contribution < -0.4 is 9.44 Å². The van der Waals surface area contributed by atoms with Crippen molar-refractivity contribution < 1.29 is 8.42 Å². The van der Waals surface area contributed by atoms with Crippen molar-refractivity contribution in [3.63, 3.8) is 0 Å². The third-order valence-electron chi connectivity index (χ3n) is 1.91. The summed E-state index contributed by atoms with van der Waals surface area (Å²) in [7, 11) is -3.41. The van der Waals surface area contributed by atoms with E-state index in [1.807, 2.05) is 6.07 Å². The first-order valence-electron chi connectivity index (χ1n) is 4.53. The molecule has 0 saturated heterocycles. The fourth-order valence-corrected chi connectivity index (χ4v) is 2.09.